The van der Waals surface area contributed by atoms with Gasteiger partial charge in [-0.05, 0) is 44.9 Å². The van der Waals surface area contributed by atoms with Crippen LogP contribution in [-0.4, -0.2) is 61.5 Å². The summed E-state index contributed by atoms with van der Waals surface area (Å²) in [5, 5.41) is 6.88. The van der Waals surface area contributed by atoms with Gasteiger partial charge in [0.15, 0.2) is 15.0 Å². The summed E-state index contributed by atoms with van der Waals surface area (Å²) in [4.78, 5) is 16.9. The molecule has 2 N–H and O–H groups in total. The number of amidine groups is 1. The number of aryl methyl sites for hydroxylation is 1. The Morgan fingerprint density at radius 3 is 2.86 bits per heavy atom. The van der Waals surface area contributed by atoms with Gasteiger partial charge < -0.3 is 15.4 Å². The molecule has 1 fully saturated rings. The normalized spacial score (nSPS) is 22.8. The number of ether oxygens (including phenoxy) is 1. The fourth-order valence-corrected chi connectivity index (χ4v) is 6.79. The summed E-state index contributed by atoms with van der Waals surface area (Å²) in [5.41, 5.74) is 2.38. The van der Waals surface area contributed by atoms with Crippen LogP contribution in [0.15, 0.2) is 23.2 Å². The standard InChI is InChI=1S/C19H27N3O4S2/c1-12(2)26-8-4-7-20-18(23)14-6-5-13(3)15(9-14)21-19-22-16-10-28(24,25)11-17(16)27-19/h5-6,9,12,16-17H,4,7-8,10-11H2,1-3H3,(H,20,23)(H,21,22)/t16-,17-/m1/s1. The van der Waals surface area contributed by atoms with Crippen molar-refractivity contribution in [2.45, 2.75) is 44.6 Å². The first kappa shape index (κ1) is 21.1. The molecule has 154 valence electrons. The molecule has 0 aromatic heterocycles. The third-order valence-electron chi connectivity index (χ3n) is 4.62. The summed E-state index contributed by atoms with van der Waals surface area (Å²) in [5.74, 6) is 0.174. The largest absolute Gasteiger partial charge is 0.379 e. The summed E-state index contributed by atoms with van der Waals surface area (Å²) < 4.78 is 28.8. The summed E-state index contributed by atoms with van der Waals surface area (Å²) in [7, 11) is -2.96. The van der Waals surface area contributed by atoms with Gasteiger partial charge >= 0.3 is 0 Å². The molecular formula is C19H27N3O4S2. The first-order valence-electron chi connectivity index (χ1n) is 9.46. The van der Waals surface area contributed by atoms with Crippen LogP contribution in [0.3, 0.4) is 0 Å². The molecule has 1 aromatic carbocycles. The van der Waals surface area contributed by atoms with Gasteiger partial charge in [-0.2, -0.15) is 0 Å². The maximum atomic E-state index is 12.4. The number of benzene rings is 1. The fraction of sp³-hybridized carbons (Fsp3) is 0.579. The third kappa shape index (κ3) is 5.48. The topological polar surface area (TPSA) is 96.9 Å². The minimum Gasteiger partial charge on any atom is -0.379 e. The van der Waals surface area contributed by atoms with Crippen molar-refractivity contribution in [3.8, 4) is 0 Å². The Kier molecular flexibility index (Phi) is 6.67. The van der Waals surface area contributed by atoms with Crippen LogP contribution in [0.4, 0.5) is 5.69 Å². The zero-order valence-corrected chi connectivity index (χ0v) is 18.0. The molecule has 2 heterocycles. The summed E-state index contributed by atoms with van der Waals surface area (Å²) >= 11 is 1.47. The van der Waals surface area contributed by atoms with E-state index in [0.717, 1.165) is 22.8 Å². The van der Waals surface area contributed by atoms with Crippen molar-refractivity contribution in [3.05, 3.63) is 29.3 Å². The van der Waals surface area contributed by atoms with E-state index in [2.05, 4.69) is 15.6 Å². The van der Waals surface area contributed by atoms with Crippen molar-refractivity contribution < 1.29 is 17.9 Å². The zero-order valence-electron chi connectivity index (χ0n) is 16.4. The highest BCUT2D eigenvalue weighted by Crippen LogP contribution is 2.35. The highest BCUT2D eigenvalue weighted by Gasteiger charge is 2.42. The third-order valence-corrected chi connectivity index (χ3v) is 7.76. The number of sulfone groups is 1. The molecule has 0 radical (unpaired) electrons. The summed E-state index contributed by atoms with van der Waals surface area (Å²) in [6.07, 6.45) is 0.956. The number of carbonyl (C=O) groups excluding carboxylic acids is 1. The second-order valence-electron chi connectivity index (χ2n) is 7.42. The van der Waals surface area contributed by atoms with Gasteiger partial charge in [0.2, 0.25) is 0 Å². The number of nitrogens with one attached hydrogen (secondary N) is 2. The molecule has 0 spiro atoms. The van der Waals surface area contributed by atoms with Crippen LogP contribution < -0.4 is 10.6 Å². The van der Waals surface area contributed by atoms with E-state index in [1.165, 1.54) is 11.8 Å². The van der Waals surface area contributed by atoms with Crippen LogP contribution >= 0.6 is 11.8 Å². The van der Waals surface area contributed by atoms with Crippen molar-refractivity contribution in [2.75, 3.05) is 30.0 Å². The molecule has 2 aliphatic heterocycles. The molecule has 0 aliphatic carbocycles. The van der Waals surface area contributed by atoms with Gasteiger partial charge in [-0.25, -0.2) is 8.42 Å². The van der Waals surface area contributed by atoms with E-state index in [9.17, 15) is 13.2 Å². The molecule has 1 aromatic rings. The number of anilines is 1. The van der Waals surface area contributed by atoms with Crippen LogP contribution in [0, 0.1) is 6.92 Å². The van der Waals surface area contributed by atoms with Crippen molar-refractivity contribution in [1.29, 1.82) is 0 Å². The van der Waals surface area contributed by atoms with Gasteiger partial charge in [0.05, 0.1) is 23.7 Å². The number of aliphatic imine (C=N–C) groups is 1. The Labute approximate surface area is 170 Å². The van der Waals surface area contributed by atoms with Crippen LogP contribution in [0.2, 0.25) is 0 Å². The number of thioether (sulfide) groups is 1. The number of hydrogen-bond acceptors (Lipinski definition) is 7. The Bertz CT molecular complexity index is 868. The molecule has 7 nitrogen and oxygen atoms in total. The average Bonchev–Trinajstić information content (AvgIpc) is 3.08. The average molecular weight is 426 g/mol. The van der Waals surface area contributed by atoms with Crippen molar-refractivity contribution >= 4 is 38.4 Å². The van der Waals surface area contributed by atoms with Crippen molar-refractivity contribution in [2.24, 2.45) is 4.99 Å². The first-order valence-corrected chi connectivity index (χ1v) is 12.2. The Morgan fingerprint density at radius 1 is 1.36 bits per heavy atom. The summed E-state index contributed by atoms with van der Waals surface area (Å²) in [6, 6.07) is 5.33. The van der Waals surface area contributed by atoms with Crippen molar-refractivity contribution in [3.63, 3.8) is 0 Å². The number of carbonyl (C=O) groups is 1. The number of rotatable bonds is 7. The SMILES string of the molecule is Cc1ccc(C(=O)NCCCOC(C)C)cc1NC1=N[C@@H]2CS(=O)(=O)C[C@H]2S1. The van der Waals surface area contributed by atoms with Crippen LogP contribution in [0.25, 0.3) is 0 Å². The second kappa shape index (κ2) is 8.84. The van der Waals surface area contributed by atoms with E-state index in [1.54, 1.807) is 6.07 Å². The Morgan fingerprint density at radius 2 is 2.14 bits per heavy atom. The minimum absolute atomic E-state index is 0.00709. The quantitative estimate of drug-likeness (QED) is 0.650. The lowest BCUT2D eigenvalue weighted by Gasteiger charge is -2.12. The molecule has 9 heteroatoms. The number of amides is 1. The van der Waals surface area contributed by atoms with E-state index in [1.807, 2.05) is 32.9 Å². The lowest BCUT2D eigenvalue weighted by atomic mass is 10.1. The molecular weight excluding hydrogens is 398 g/mol. The van der Waals surface area contributed by atoms with Crippen molar-refractivity contribution in [1.82, 2.24) is 5.32 Å². The molecule has 0 unspecified atom stereocenters. The van der Waals surface area contributed by atoms with E-state index in [-0.39, 0.29) is 34.8 Å². The van der Waals surface area contributed by atoms with Gasteiger partial charge in [0.1, 0.15) is 0 Å². The lowest BCUT2D eigenvalue weighted by Crippen LogP contribution is -2.25. The van der Waals surface area contributed by atoms with Crippen LogP contribution in [-0.2, 0) is 14.6 Å². The molecule has 2 aliphatic rings. The number of nitrogens with zero attached hydrogens (tertiary/aromatic N) is 1. The van der Waals surface area contributed by atoms with E-state index in [0.29, 0.717) is 18.7 Å². The van der Waals surface area contributed by atoms with E-state index < -0.39 is 9.84 Å². The minimum atomic E-state index is -2.96. The highest BCUT2D eigenvalue weighted by atomic mass is 32.2. The maximum absolute atomic E-state index is 12.4. The van der Waals surface area contributed by atoms with Gasteiger partial charge in [-0.3, -0.25) is 9.79 Å². The second-order valence-corrected chi connectivity index (χ2v) is 10.8. The molecule has 1 saturated heterocycles. The number of hydrogen-bond donors (Lipinski definition) is 2. The smallest absolute Gasteiger partial charge is 0.251 e. The molecule has 2 atom stereocenters. The Balaban J connectivity index is 1.57. The van der Waals surface area contributed by atoms with Crippen LogP contribution in [0.1, 0.15) is 36.2 Å². The fourth-order valence-electron chi connectivity index (χ4n) is 3.12. The monoisotopic (exact) mass is 425 g/mol. The van der Waals surface area contributed by atoms with Gasteiger partial charge in [-0.1, -0.05) is 17.8 Å². The number of fused-ring (bicyclic) bond motifs is 1. The first-order chi connectivity index (χ1) is 13.2. The zero-order chi connectivity index (χ0) is 20.3. The van der Waals surface area contributed by atoms with E-state index >= 15 is 0 Å². The predicted molar refractivity (Wildman–Crippen MR) is 114 cm³/mol. The highest BCUT2D eigenvalue weighted by molar-refractivity contribution is 8.15. The van der Waals surface area contributed by atoms with E-state index in [4.69, 9.17) is 4.74 Å². The maximum Gasteiger partial charge on any atom is 0.251 e. The lowest BCUT2D eigenvalue weighted by molar-refractivity contribution is 0.0757. The molecule has 1 amide bonds. The van der Waals surface area contributed by atoms with Gasteiger partial charge in [0.25, 0.3) is 5.91 Å². The molecule has 0 saturated carbocycles. The van der Waals surface area contributed by atoms with Gasteiger partial charge in [-0.15, -0.1) is 0 Å². The van der Waals surface area contributed by atoms with Crippen LogP contribution in [0.5, 0.6) is 0 Å². The van der Waals surface area contributed by atoms with Gasteiger partial charge in [0, 0.05) is 29.7 Å². The summed E-state index contributed by atoms with van der Waals surface area (Å²) in [6.45, 7) is 7.10. The molecule has 0 bridgehead atoms. The Hall–Kier alpha value is -1.58. The molecule has 28 heavy (non-hydrogen) atoms. The molecule has 3 rings (SSSR count). The predicted octanol–water partition coefficient (Wildman–Crippen LogP) is 2.22.